The van der Waals surface area contributed by atoms with Crippen LogP contribution in [0.2, 0.25) is 10.0 Å². The third-order valence-corrected chi connectivity index (χ3v) is 7.37. The molecule has 1 aliphatic carbocycles. The summed E-state index contributed by atoms with van der Waals surface area (Å²) >= 11 is 12.4. The second-order valence-electron chi connectivity index (χ2n) is 8.97. The highest BCUT2D eigenvalue weighted by molar-refractivity contribution is 6.35. The maximum atomic E-state index is 13.4. The summed E-state index contributed by atoms with van der Waals surface area (Å²) in [6.07, 6.45) is -0.921. The predicted molar refractivity (Wildman–Crippen MR) is 144 cm³/mol. The largest absolute Gasteiger partial charge is 0.497 e. The van der Waals surface area contributed by atoms with E-state index in [9.17, 15) is 14.4 Å². The third kappa shape index (κ3) is 3.85. The monoisotopic (exact) mass is 543 g/mol. The summed E-state index contributed by atoms with van der Waals surface area (Å²) in [7, 11) is 1.57. The number of hydrogen-bond acceptors (Lipinski definition) is 5. The molecule has 0 spiro atoms. The second-order valence-corrected chi connectivity index (χ2v) is 9.82. The van der Waals surface area contributed by atoms with Crippen molar-refractivity contribution in [2.45, 2.75) is 12.1 Å². The topological polar surface area (TPSA) is 72.9 Å². The molecule has 2 atom stereocenters. The highest BCUT2D eigenvalue weighted by Crippen LogP contribution is 2.44. The number of carbonyl (C=O) groups excluding carboxylic acids is 3. The molecule has 1 saturated heterocycles. The van der Waals surface area contributed by atoms with E-state index < -0.39 is 12.1 Å². The van der Waals surface area contributed by atoms with E-state index in [-0.39, 0.29) is 22.5 Å². The molecule has 0 saturated carbocycles. The molecule has 1 aliphatic heterocycles. The van der Waals surface area contributed by atoms with Gasteiger partial charge in [-0.05, 0) is 60.2 Å². The van der Waals surface area contributed by atoms with Gasteiger partial charge in [0, 0.05) is 33.0 Å². The summed E-state index contributed by atoms with van der Waals surface area (Å²) in [4.78, 5) is 41.5. The number of methoxy groups -OCH3 is 1. The van der Waals surface area contributed by atoms with Crippen LogP contribution in [0.25, 0.3) is 0 Å². The lowest BCUT2D eigenvalue weighted by molar-refractivity contribution is -0.135. The quantitative estimate of drug-likeness (QED) is 0.243. The predicted octanol–water partition coefficient (Wildman–Crippen LogP) is 6.31. The van der Waals surface area contributed by atoms with Gasteiger partial charge in [0.15, 0.2) is 11.6 Å². The average molecular weight is 544 g/mol. The van der Waals surface area contributed by atoms with Gasteiger partial charge < -0.3 is 9.47 Å². The van der Waals surface area contributed by atoms with Gasteiger partial charge >= 0.3 is 0 Å². The number of anilines is 1. The fourth-order valence-electron chi connectivity index (χ4n) is 4.94. The first-order valence-corrected chi connectivity index (χ1v) is 12.5. The molecule has 4 aromatic carbocycles. The Hall–Kier alpha value is -4.13. The van der Waals surface area contributed by atoms with Crippen LogP contribution in [0.4, 0.5) is 5.69 Å². The first-order chi connectivity index (χ1) is 18.4. The van der Waals surface area contributed by atoms with Crippen LogP contribution in [0, 0.1) is 0 Å². The Balaban J connectivity index is 1.42. The Morgan fingerprint density at radius 3 is 2.05 bits per heavy atom. The highest BCUT2D eigenvalue weighted by atomic mass is 35.5. The summed E-state index contributed by atoms with van der Waals surface area (Å²) in [5.41, 5.74) is 2.65. The van der Waals surface area contributed by atoms with E-state index in [2.05, 4.69) is 0 Å². The van der Waals surface area contributed by atoms with Crippen molar-refractivity contribution in [3.05, 3.63) is 123 Å². The Morgan fingerprint density at radius 2 is 1.39 bits per heavy atom. The van der Waals surface area contributed by atoms with Gasteiger partial charge in [-0.3, -0.25) is 19.3 Å². The van der Waals surface area contributed by atoms with Gasteiger partial charge in [-0.1, -0.05) is 53.5 Å². The summed E-state index contributed by atoms with van der Waals surface area (Å²) in [6, 6.07) is 23.1. The molecule has 6 rings (SSSR count). The minimum atomic E-state index is -0.921. The summed E-state index contributed by atoms with van der Waals surface area (Å²) in [6.45, 7) is 0. The Kier molecular flexibility index (Phi) is 5.94. The molecule has 38 heavy (non-hydrogen) atoms. The fourth-order valence-corrected chi connectivity index (χ4v) is 5.39. The number of benzene rings is 4. The second kappa shape index (κ2) is 9.31. The minimum absolute atomic E-state index is 0.209. The summed E-state index contributed by atoms with van der Waals surface area (Å²) < 4.78 is 11.4. The van der Waals surface area contributed by atoms with E-state index in [0.717, 1.165) is 0 Å². The number of ether oxygens (including phenoxy) is 2. The van der Waals surface area contributed by atoms with Gasteiger partial charge in [-0.25, -0.2) is 0 Å². The van der Waals surface area contributed by atoms with Crippen LogP contribution in [0.1, 0.15) is 43.4 Å². The van der Waals surface area contributed by atoms with Crippen molar-refractivity contribution >= 4 is 46.4 Å². The van der Waals surface area contributed by atoms with Crippen molar-refractivity contribution in [1.29, 1.82) is 0 Å². The van der Waals surface area contributed by atoms with Crippen molar-refractivity contribution in [1.82, 2.24) is 0 Å². The van der Waals surface area contributed by atoms with Crippen molar-refractivity contribution in [3.8, 4) is 11.5 Å². The SMILES string of the molecule is COc1ccc(N2C(=O)[C@@H](Oc3ccc(Cl)cc3Cl)[C@H]2c2ccc3c(c2)C(=O)c2ccccc2C3=O)cc1. The highest BCUT2D eigenvalue weighted by Gasteiger charge is 2.51. The minimum Gasteiger partial charge on any atom is -0.497 e. The molecule has 8 heteroatoms. The van der Waals surface area contributed by atoms with Crippen LogP contribution in [-0.2, 0) is 4.79 Å². The van der Waals surface area contributed by atoms with E-state index in [1.54, 1.807) is 96.9 Å². The van der Waals surface area contributed by atoms with Crippen molar-refractivity contribution in [2.24, 2.45) is 0 Å². The van der Waals surface area contributed by atoms with Gasteiger partial charge in [0.25, 0.3) is 5.91 Å². The molecule has 1 fully saturated rings. The first kappa shape index (κ1) is 24.2. The van der Waals surface area contributed by atoms with Crippen LogP contribution < -0.4 is 14.4 Å². The number of carbonyl (C=O) groups is 3. The van der Waals surface area contributed by atoms with Crippen LogP contribution >= 0.6 is 23.2 Å². The number of nitrogens with zero attached hydrogens (tertiary/aromatic N) is 1. The van der Waals surface area contributed by atoms with E-state index in [0.29, 0.717) is 50.0 Å². The standard InChI is InChI=1S/C30H19Cl2NO5/c1-37-19-10-8-18(9-11-19)33-26(29(30(33)36)38-25-13-7-17(31)15-24(25)32)16-6-12-22-23(14-16)28(35)21-5-3-2-4-20(21)27(22)34/h2-15,26,29H,1H3/t26-,29+/m1/s1. The molecule has 188 valence electrons. The molecule has 1 amide bonds. The van der Waals surface area contributed by atoms with Crippen molar-refractivity contribution < 1.29 is 23.9 Å². The fraction of sp³-hybridized carbons (Fsp3) is 0.100. The maximum Gasteiger partial charge on any atom is 0.271 e. The normalized spacial score (nSPS) is 18.0. The van der Waals surface area contributed by atoms with Gasteiger partial charge in [0.2, 0.25) is 6.10 Å². The molecule has 6 nitrogen and oxygen atoms in total. The lowest BCUT2D eigenvalue weighted by Gasteiger charge is -2.47. The molecule has 0 aromatic heterocycles. The van der Waals surface area contributed by atoms with Crippen LogP contribution in [0.5, 0.6) is 11.5 Å². The van der Waals surface area contributed by atoms with E-state index in [1.807, 2.05) is 0 Å². The van der Waals surface area contributed by atoms with E-state index in [1.165, 1.54) is 0 Å². The summed E-state index contributed by atoms with van der Waals surface area (Å²) in [5.74, 6) is 0.232. The molecular formula is C30H19Cl2NO5. The zero-order chi connectivity index (χ0) is 26.6. The number of ketones is 2. The van der Waals surface area contributed by atoms with Crippen molar-refractivity contribution in [2.75, 3.05) is 12.0 Å². The average Bonchev–Trinajstić information content (AvgIpc) is 2.94. The number of fused-ring (bicyclic) bond motifs is 2. The van der Waals surface area contributed by atoms with Crippen molar-refractivity contribution in [3.63, 3.8) is 0 Å². The number of β-lactam (4-membered cyclic amide) rings is 1. The zero-order valence-electron chi connectivity index (χ0n) is 20.0. The summed E-state index contributed by atoms with van der Waals surface area (Å²) in [5, 5.41) is 0.714. The first-order valence-electron chi connectivity index (χ1n) is 11.8. The maximum absolute atomic E-state index is 13.4. The molecule has 0 bridgehead atoms. The number of halogens is 2. The third-order valence-electron chi connectivity index (χ3n) is 6.83. The molecule has 2 aliphatic rings. The van der Waals surface area contributed by atoms with Gasteiger partial charge in [-0.2, -0.15) is 0 Å². The van der Waals surface area contributed by atoms with E-state index >= 15 is 0 Å². The zero-order valence-corrected chi connectivity index (χ0v) is 21.5. The number of hydrogen-bond donors (Lipinski definition) is 0. The molecular weight excluding hydrogens is 525 g/mol. The Labute approximate surface area is 228 Å². The molecule has 0 N–H and O–H groups in total. The molecule has 0 radical (unpaired) electrons. The van der Waals surface area contributed by atoms with Gasteiger partial charge in [0.05, 0.1) is 12.1 Å². The lowest BCUT2D eigenvalue weighted by atomic mass is 9.81. The van der Waals surface area contributed by atoms with Crippen LogP contribution in [-0.4, -0.2) is 30.7 Å². The van der Waals surface area contributed by atoms with Gasteiger partial charge in [-0.15, -0.1) is 0 Å². The van der Waals surface area contributed by atoms with Crippen LogP contribution in [0.15, 0.2) is 84.9 Å². The molecule has 0 unspecified atom stereocenters. The van der Waals surface area contributed by atoms with E-state index in [4.69, 9.17) is 32.7 Å². The smallest absolute Gasteiger partial charge is 0.271 e. The Morgan fingerprint density at radius 1 is 0.737 bits per heavy atom. The number of amides is 1. The Bertz CT molecular complexity index is 1630. The van der Waals surface area contributed by atoms with Crippen LogP contribution in [0.3, 0.4) is 0 Å². The lowest BCUT2D eigenvalue weighted by Crippen LogP contribution is -2.61. The molecule has 1 heterocycles. The van der Waals surface area contributed by atoms with Gasteiger partial charge in [0.1, 0.15) is 17.5 Å². The molecule has 4 aromatic rings. The number of rotatable bonds is 5.